The molecule has 216 valence electrons. The first-order valence-corrected chi connectivity index (χ1v) is 13.4. The van der Waals surface area contributed by atoms with E-state index in [0.717, 1.165) is 24.2 Å². The van der Waals surface area contributed by atoms with Crippen molar-refractivity contribution in [3.8, 4) is 11.5 Å². The number of likely N-dealkylation sites (N-methyl/N-ethyl adjacent to an activating group) is 1. The lowest BCUT2D eigenvalue weighted by Crippen LogP contribution is -2.54. The van der Waals surface area contributed by atoms with Crippen LogP contribution >= 0.6 is 0 Å². The quantitative estimate of drug-likeness (QED) is 0.251. The molecule has 1 fully saturated rings. The molecule has 2 atom stereocenters. The third-order valence-corrected chi connectivity index (χ3v) is 6.93. The van der Waals surface area contributed by atoms with Crippen LogP contribution in [0.4, 0.5) is 18.9 Å². The van der Waals surface area contributed by atoms with E-state index < -0.39 is 12.1 Å². The number of nitrogens with zero attached hydrogens (tertiary/aromatic N) is 5. The second-order valence-corrected chi connectivity index (χ2v) is 10.3. The predicted octanol–water partition coefficient (Wildman–Crippen LogP) is 6.13. The van der Waals surface area contributed by atoms with Gasteiger partial charge in [-0.25, -0.2) is 0 Å². The highest BCUT2D eigenvalue weighted by molar-refractivity contribution is 5.75. The molecule has 0 spiro atoms. The normalized spacial score (nSPS) is 17.9. The summed E-state index contributed by atoms with van der Waals surface area (Å²) in [6.07, 6.45) is -3.96. The summed E-state index contributed by atoms with van der Waals surface area (Å²) >= 11 is 0. The van der Waals surface area contributed by atoms with Crippen molar-refractivity contribution in [2.75, 3.05) is 25.0 Å². The number of piperazine rings is 1. The van der Waals surface area contributed by atoms with E-state index >= 15 is 0 Å². The van der Waals surface area contributed by atoms with Gasteiger partial charge in [0.25, 0.3) is 0 Å². The molecule has 0 aliphatic carbocycles. The Morgan fingerprint density at radius 2 is 1.46 bits per heavy atom. The van der Waals surface area contributed by atoms with Crippen LogP contribution < -0.4 is 4.90 Å². The van der Waals surface area contributed by atoms with E-state index in [1.165, 1.54) is 23.6 Å². The van der Waals surface area contributed by atoms with Gasteiger partial charge < -0.3 is 14.2 Å². The Hall–Kier alpha value is -4.02. The molecule has 4 aromatic rings. The monoisotopic (exact) mass is 565 g/mol. The molecule has 0 radical (unpaired) electrons. The molecule has 5 rings (SSSR count). The van der Waals surface area contributed by atoms with E-state index in [9.17, 15) is 18.0 Å². The minimum Gasteiger partial charge on any atom is -0.413 e. The third kappa shape index (κ3) is 8.25. The van der Waals surface area contributed by atoms with Gasteiger partial charge in [-0.3, -0.25) is 9.69 Å². The number of para-hydroxylation sites is 1. The van der Waals surface area contributed by atoms with Gasteiger partial charge in [0, 0.05) is 43.0 Å². The van der Waals surface area contributed by atoms with Gasteiger partial charge in [0.2, 0.25) is 12.3 Å². The van der Waals surface area contributed by atoms with Crippen molar-refractivity contribution in [1.29, 1.82) is 0 Å². The van der Waals surface area contributed by atoms with Crippen LogP contribution in [0, 0.1) is 0 Å². The van der Waals surface area contributed by atoms with E-state index in [1.54, 1.807) is 36.4 Å². The molecule has 41 heavy (non-hydrogen) atoms. The van der Waals surface area contributed by atoms with Gasteiger partial charge in [0.05, 0.1) is 6.54 Å². The molecule has 3 aromatic carbocycles. The molecule has 2 unspecified atom stereocenters. The average Bonchev–Trinajstić information content (AvgIpc) is 3.47. The third-order valence-electron chi connectivity index (χ3n) is 6.93. The first-order chi connectivity index (χ1) is 19.6. The van der Waals surface area contributed by atoms with Crippen molar-refractivity contribution in [3.05, 3.63) is 102 Å². The summed E-state index contributed by atoms with van der Waals surface area (Å²) in [5, 5.41) is 6.40. The minimum absolute atomic E-state index is 0.214. The van der Waals surface area contributed by atoms with Crippen LogP contribution in [-0.4, -0.2) is 58.6 Å². The van der Waals surface area contributed by atoms with E-state index in [-0.39, 0.29) is 5.89 Å². The zero-order valence-corrected chi connectivity index (χ0v) is 23.3. The maximum atomic E-state index is 12.5. The van der Waals surface area contributed by atoms with Crippen LogP contribution in [0.15, 0.2) is 89.3 Å². The number of aromatic nitrogens is 2. The molecule has 7 nitrogen and oxygen atoms in total. The lowest BCUT2D eigenvalue weighted by molar-refractivity contribution is -0.156. The van der Waals surface area contributed by atoms with Gasteiger partial charge in [-0.05, 0) is 56.3 Å². The smallest absolute Gasteiger partial charge is 0.413 e. The fourth-order valence-electron chi connectivity index (χ4n) is 4.94. The molecule has 1 amide bonds. The number of halogens is 3. The standard InChI is InChI=1S/C17H12F3N3O2.C14H22N2/c18-17(19,20)16-22-21-15(25-16)13-8-6-12(7-9-13)10-23(11-24)14-4-2-1-3-5-14;1-12-9-15(3)10-13(2)16(12)11-14-7-5-4-6-8-14/h1-9,11H,10H2;4-8,12-13H,9-11H2,1-3H3. The summed E-state index contributed by atoms with van der Waals surface area (Å²) in [4.78, 5) is 17.8. The Bertz CT molecular complexity index is 1350. The van der Waals surface area contributed by atoms with Gasteiger partial charge in [-0.15, -0.1) is 10.2 Å². The molecule has 1 aliphatic heterocycles. The maximum Gasteiger partial charge on any atom is 0.470 e. The number of alkyl halides is 3. The summed E-state index contributed by atoms with van der Waals surface area (Å²) in [6, 6.07) is 27.7. The van der Waals surface area contributed by atoms with Gasteiger partial charge in [0.1, 0.15) is 0 Å². The molecular weight excluding hydrogens is 531 g/mol. The van der Waals surface area contributed by atoms with Crippen LogP contribution in [0.1, 0.15) is 30.9 Å². The van der Waals surface area contributed by atoms with Gasteiger partial charge >= 0.3 is 12.1 Å². The highest BCUT2D eigenvalue weighted by Crippen LogP contribution is 2.30. The predicted molar refractivity (Wildman–Crippen MR) is 152 cm³/mol. The fraction of sp³-hybridized carbons (Fsp3) is 0.323. The Morgan fingerprint density at radius 3 is 2.00 bits per heavy atom. The first-order valence-electron chi connectivity index (χ1n) is 13.4. The highest BCUT2D eigenvalue weighted by Gasteiger charge is 2.38. The van der Waals surface area contributed by atoms with E-state index in [2.05, 4.69) is 75.6 Å². The van der Waals surface area contributed by atoms with Gasteiger partial charge in [-0.2, -0.15) is 13.2 Å². The number of anilines is 1. The summed E-state index contributed by atoms with van der Waals surface area (Å²) in [6.45, 7) is 8.42. The molecule has 10 heteroatoms. The fourth-order valence-corrected chi connectivity index (χ4v) is 4.94. The lowest BCUT2D eigenvalue weighted by atomic mass is 10.1. The molecule has 0 bridgehead atoms. The Balaban J connectivity index is 0.000000208. The number of benzene rings is 3. The number of carbonyl (C=O) groups excluding carboxylic acids is 1. The van der Waals surface area contributed by atoms with Crippen molar-refractivity contribution >= 4 is 12.1 Å². The van der Waals surface area contributed by atoms with E-state index in [4.69, 9.17) is 0 Å². The van der Waals surface area contributed by atoms with Crippen LogP contribution in [-0.2, 0) is 24.1 Å². The summed E-state index contributed by atoms with van der Waals surface area (Å²) in [5.41, 5.74) is 3.33. The topological polar surface area (TPSA) is 65.7 Å². The Kier molecular flexibility index (Phi) is 9.91. The zero-order chi connectivity index (χ0) is 29.4. The largest absolute Gasteiger partial charge is 0.470 e. The van der Waals surface area contributed by atoms with E-state index in [1.807, 2.05) is 18.2 Å². The molecule has 2 heterocycles. The number of amides is 1. The van der Waals surface area contributed by atoms with E-state index in [0.29, 0.717) is 24.2 Å². The minimum atomic E-state index is -4.68. The second-order valence-electron chi connectivity index (χ2n) is 10.3. The van der Waals surface area contributed by atoms with Crippen LogP contribution in [0.5, 0.6) is 0 Å². The van der Waals surface area contributed by atoms with Crippen molar-refractivity contribution in [1.82, 2.24) is 20.0 Å². The first kappa shape index (κ1) is 30.0. The van der Waals surface area contributed by atoms with Crippen LogP contribution in [0.25, 0.3) is 11.5 Å². The van der Waals surface area contributed by atoms with Crippen molar-refractivity contribution in [2.45, 2.75) is 45.2 Å². The van der Waals surface area contributed by atoms with Crippen molar-refractivity contribution < 1.29 is 22.4 Å². The number of hydrogen-bond acceptors (Lipinski definition) is 6. The number of carbonyl (C=O) groups is 1. The van der Waals surface area contributed by atoms with Gasteiger partial charge in [0.15, 0.2) is 0 Å². The van der Waals surface area contributed by atoms with Gasteiger partial charge in [-0.1, -0.05) is 60.7 Å². The summed E-state index contributed by atoms with van der Waals surface area (Å²) in [7, 11) is 2.22. The average molecular weight is 566 g/mol. The van der Waals surface area contributed by atoms with Crippen molar-refractivity contribution in [2.24, 2.45) is 0 Å². The molecule has 1 aliphatic rings. The maximum absolute atomic E-state index is 12.5. The molecule has 0 saturated carbocycles. The summed E-state index contributed by atoms with van der Waals surface area (Å²) in [5.74, 6) is -1.60. The number of hydrogen-bond donors (Lipinski definition) is 0. The lowest BCUT2D eigenvalue weighted by Gasteiger charge is -2.43. The SMILES string of the molecule is CC1CN(C)CC(C)N1Cc1ccccc1.O=CN(Cc1ccc(-c2nnc(C(F)(F)F)o2)cc1)c1ccccc1. The number of rotatable bonds is 7. The van der Waals surface area contributed by atoms with Crippen LogP contribution in [0.3, 0.4) is 0 Å². The molecular formula is C31H34F3N5O2. The zero-order valence-electron chi connectivity index (χ0n) is 23.3. The Morgan fingerprint density at radius 1 is 0.878 bits per heavy atom. The second kappa shape index (κ2) is 13.6. The molecule has 1 aromatic heterocycles. The molecule has 0 N–H and O–H groups in total. The molecule has 1 saturated heterocycles. The summed E-state index contributed by atoms with van der Waals surface area (Å²) < 4.78 is 42.1. The Labute approximate surface area is 238 Å². The highest BCUT2D eigenvalue weighted by atomic mass is 19.4. The van der Waals surface area contributed by atoms with Crippen LogP contribution in [0.2, 0.25) is 0 Å². The van der Waals surface area contributed by atoms with Crippen molar-refractivity contribution in [3.63, 3.8) is 0 Å².